The number of fused-ring (bicyclic) bond motifs is 3. The Morgan fingerprint density at radius 3 is 2.52 bits per heavy atom. The van der Waals surface area contributed by atoms with Crippen molar-refractivity contribution in [2.45, 2.75) is 39.2 Å². The van der Waals surface area contributed by atoms with Crippen LogP contribution in [0.3, 0.4) is 0 Å². The third kappa shape index (κ3) is 3.87. The fourth-order valence-electron chi connectivity index (χ4n) is 3.55. The molecule has 1 aromatic heterocycles. The van der Waals surface area contributed by atoms with E-state index < -0.39 is 5.54 Å². The molecule has 0 fully saturated rings. The summed E-state index contributed by atoms with van der Waals surface area (Å²) in [5.74, 6) is 8.35. The summed E-state index contributed by atoms with van der Waals surface area (Å²) in [4.78, 5) is 2.29. The third-order valence-electron chi connectivity index (χ3n) is 4.92. The van der Waals surface area contributed by atoms with Crippen LogP contribution in [0.4, 0.5) is 11.4 Å². The Hall–Kier alpha value is -2.81. The van der Waals surface area contributed by atoms with Gasteiger partial charge in [-0.2, -0.15) is 0 Å². The fourth-order valence-corrected chi connectivity index (χ4v) is 3.68. The first-order chi connectivity index (χ1) is 13.7. The van der Waals surface area contributed by atoms with E-state index in [4.69, 9.17) is 17.3 Å². The molecule has 2 aromatic carbocycles. The number of rotatable bonds is 1. The molecule has 0 spiro atoms. The van der Waals surface area contributed by atoms with Crippen molar-refractivity contribution in [1.82, 2.24) is 14.8 Å². The van der Waals surface area contributed by atoms with Gasteiger partial charge in [0.15, 0.2) is 0 Å². The number of halogens is 1. The first kappa shape index (κ1) is 19.5. The first-order valence-corrected chi connectivity index (χ1v) is 10.0. The van der Waals surface area contributed by atoms with E-state index in [2.05, 4.69) is 50.6 Å². The van der Waals surface area contributed by atoms with Gasteiger partial charge < -0.3 is 10.6 Å². The zero-order valence-corrected chi connectivity index (χ0v) is 17.8. The van der Waals surface area contributed by atoms with Crippen molar-refractivity contribution < 1.29 is 0 Å². The molecule has 1 aliphatic heterocycles. The van der Waals surface area contributed by atoms with E-state index in [0.717, 1.165) is 45.8 Å². The molecule has 0 radical (unpaired) electrons. The van der Waals surface area contributed by atoms with E-state index in [1.807, 2.05) is 51.1 Å². The zero-order chi connectivity index (χ0) is 20.8. The lowest BCUT2D eigenvalue weighted by Crippen LogP contribution is -2.29. The van der Waals surface area contributed by atoms with Gasteiger partial charge in [-0.25, -0.2) is 0 Å². The smallest absolute Gasteiger partial charge is 0.142 e. The molecule has 1 aliphatic rings. The number of nitrogens with zero attached hydrogens (tertiary/aromatic N) is 4. The second-order valence-electron chi connectivity index (χ2n) is 8.10. The van der Waals surface area contributed by atoms with E-state index in [-0.39, 0.29) is 5.92 Å². The number of benzene rings is 2. The Bertz CT molecular complexity index is 1110. The molecule has 0 saturated heterocycles. The zero-order valence-electron chi connectivity index (χ0n) is 17.1. The molecule has 1 unspecified atom stereocenters. The molecule has 3 aromatic rings. The highest BCUT2D eigenvalue weighted by atomic mass is 35.5. The van der Waals surface area contributed by atoms with Crippen LogP contribution in [0.2, 0.25) is 5.02 Å². The van der Waals surface area contributed by atoms with Crippen LogP contribution >= 0.6 is 11.6 Å². The highest BCUT2D eigenvalue weighted by Gasteiger charge is 2.28. The van der Waals surface area contributed by atoms with Crippen LogP contribution < -0.4 is 10.6 Å². The molecule has 5 nitrogen and oxygen atoms in total. The van der Waals surface area contributed by atoms with Crippen molar-refractivity contribution in [3.8, 4) is 17.5 Å². The fraction of sp³-hybridized carbons (Fsp3) is 0.304. The third-order valence-corrected chi connectivity index (χ3v) is 5.17. The van der Waals surface area contributed by atoms with Crippen molar-refractivity contribution in [2.24, 2.45) is 5.73 Å². The molecule has 0 saturated carbocycles. The largest absolute Gasteiger partial charge is 0.339 e. The maximum Gasteiger partial charge on any atom is 0.142 e. The number of hydrogen-bond acceptors (Lipinski definition) is 4. The summed E-state index contributed by atoms with van der Waals surface area (Å²) in [6.45, 7) is 8.73. The lowest BCUT2D eigenvalue weighted by molar-refractivity contribution is 0.680. The molecule has 29 heavy (non-hydrogen) atoms. The number of aromatic nitrogens is 3. The molecule has 148 valence electrons. The summed E-state index contributed by atoms with van der Waals surface area (Å²) in [5, 5.41) is 9.49. The van der Waals surface area contributed by atoms with Gasteiger partial charge in [0.2, 0.25) is 0 Å². The van der Waals surface area contributed by atoms with Gasteiger partial charge in [0.05, 0.1) is 16.9 Å². The van der Waals surface area contributed by atoms with E-state index in [0.29, 0.717) is 0 Å². The van der Waals surface area contributed by atoms with Crippen molar-refractivity contribution in [2.75, 3.05) is 11.4 Å². The number of aryl methyl sites for hydroxylation is 1. The minimum absolute atomic E-state index is 0.191. The lowest BCUT2D eigenvalue weighted by Gasteiger charge is -2.26. The standard InChI is InChI=1S/C23H24ClN5/c1-15-14-28(19-8-6-18(24)7-9-19)21-13-17(11-12-23(3,4)25)5-10-20(21)29-16(2)26-27-22(15)29/h5-10,13,15H,14,25H2,1-4H3. The van der Waals surface area contributed by atoms with Crippen LogP contribution in [0.5, 0.6) is 0 Å². The number of nitrogens with two attached hydrogens (primary N) is 1. The molecular weight excluding hydrogens is 382 g/mol. The van der Waals surface area contributed by atoms with E-state index >= 15 is 0 Å². The van der Waals surface area contributed by atoms with Gasteiger partial charge in [-0.15, -0.1) is 10.2 Å². The Labute approximate surface area is 176 Å². The van der Waals surface area contributed by atoms with Crippen molar-refractivity contribution in [3.05, 3.63) is 64.7 Å². The molecule has 0 amide bonds. The first-order valence-electron chi connectivity index (χ1n) is 9.64. The van der Waals surface area contributed by atoms with Gasteiger partial charge in [-0.1, -0.05) is 30.4 Å². The molecule has 0 aliphatic carbocycles. The summed E-state index contributed by atoms with van der Waals surface area (Å²) < 4.78 is 2.14. The summed E-state index contributed by atoms with van der Waals surface area (Å²) in [6.07, 6.45) is 0. The summed E-state index contributed by atoms with van der Waals surface area (Å²) in [5.41, 5.74) is 9.59. The topological polar surface area (TPSA) is 60.0 Å². The SMILES string of the molecule is Cc1nnc2n1-c1ccc(C#CC(C)(C)N)cc1N(c1ccc(Cl)cc1)CC2C. The normalized spacial score (nSPS) is 15.8. The minimum atomic E-state index is -0.546. The maximum absolute atomic E-state index is 6.13. The van der Waals surface area contributed by atoms with Gasteiger partial charge in [-0.3, -0.25) is 4.57 Å². The van der Waals surface area contributed by atoms with E-state index in [1.165, 1.54) is 0 Å². The molecular formula is C23H24ClN5. The van der Waals surface area contributed by atoms with E-state index in [9.17, 15) is 0 Å². The lowest BCUT2D eigenvalue weighted by atomic mass is 10.1. The van der Waals surface area contributed by atoms with Gasteiger partial charge >= 0.3 is 0 Å². The van der Waals surface area contributed by atoms with Crippen molar-refractivity contribution in [3.63, 3.8) is 0 Å². The average Bonchev–Trinajstić information content (AvgIpc) is 3.00. The minimum Gasteiger partial charge on any atom is -0.339 e. The Morgan fingerprint density at radius 1 is 1.10 bits per heavy atom. The Morgan fingerprint density at radius 2 is 1.83 bits per heavy atom. The molecule has 2 heterocycles. The highest BCUT2D eigenvalue weighted by molar-refractivity contribution is 6.30. The molecule has 1 atom stereocenters. The van der Waals surface area contributed by atoms with Crippen LogP contribution in [-0.2, 0) is 0 Å². The Balaban J connectivity index is 1.92. The maximum atomic E-state index is 6.13. The van der Waals surface area contributed by atoms with Crippen LogP contribution in [0.25, 0.3) is 5.69 Å². The van der Waals surface area contributed by atoms with Crippen LogP contribution in [0.15, 0.2) is 42.5 Å². The van der Waals surface area contributed by atoms with Crippen LogP contribution in [0.1, 0.15) is 43.9 Å². The van der Waals surface area contributed by atoms with Crippen molar-refractivity contribution >= 4 is 23.0 Å². The van der Waals surface area contributed by atoms with Gasteiger partial charge in [0.1, 0.15) is 11.6 Å². The number of hydrogen-bond donors (Lipinski definition) is 1. The number of anilines is 2. The van der Waals surface area contributed by atoms with E-state index in [1.54, 1.807) is 0 Å². The second-order valence-corrected chi connectivity index (χ2v) is 8.54. The van der Waals surface area contributed by atoms with Gasteiger partial charge in [-0.05, 0) is 63.2 Å². The molecule has 6 heteroatoms. The molecule has 4 rings (SSSR count). The molecule has 2 N–H and O–H groups in total. The summed E-state index contributed by atoms with van der Waals surface area (Å²) in [6, 6.07) is 14.1. The van der Waals surface area contributed by atoms with Gasteiger partial charge in [0.25, 0.3) is 0 Å². The summed E-state index contributed by atoms with van der Waals surface area (Å²) >= 11 is 6.13. The second kappa shape index (κ2) is 7.22. The van der Waals surface area contributed by atoms with Crippen LogP contribution in [0, 0.1) is 18.8 Å². The Kier molecular flexibility index (Phi) is 4.85. The van der Waals surface area contributed by atoms with Crippen LogP contribution in [-0.4, -0.2) is 26.8 Å². The van der Waals surface area contributed by atoms with Gasteiger partial charge in [0, 0.05) is 28.7 Å². The monoisotopic (exact) mass is 405 g/mol. The predicted molar refractivity (Wildman–Crippen MR) is 118 cm³/mol. The molecule has 0 bridgehead atoms. The quantitative estimate of drug-likeness (QED) is 0.602. The average molecular weight is 406 g/mol. The summed E-state index contributed by atoms with van der Waals surface area (Å²) in [7, 11) is 0. The highest BCUT2D eigenvalue weighted by Crippen LogP contribution is 2.38. The van der Waals surface area contributed by atoms with Crippen molar-refractivity contribution in [1.29, 1.82) is 0 Å². The predicted octanol–water partition coefficient (Wildman–Crippen LogP) is 4.57.